The molecule has 2 unspecified atom stereocenters. The van der Waals surface area contributed by atoms with E-state index in [1.165, 1.54) is 0 Å². The van der Waals surface area contributed by atoms with Crippen LogP contribution < -0.4 is 0 Å². The van der Waals surface area contributed by atoms with Crippen LogP contribution in [0.2, 0.25) is 0 Å². The lowest BCUT2D eigenvalue weighted by molar-refractivity contribution is -0.0261. The average Bonchev–Trinajstić information content (AvgIpc) is 2.41. The minimum atomic E-state index is -3.41. The van der Waals surface area contributed by atoms with E-state index in [1.54, 1.807) is 7.11 Å². The molecule has 1 heterocycles. The Morgan fingerprint density at radius 2 is 2.29 bits per heavy atom. The molecule has 0 saturated carbocycles. The van der Waals surface area contributed by atoms with E-state index in [0.29, 0.717) is 0 Å². The number of hydrogen-bond donors (Lipinski definition) is 1. The monoisotopic (exact) mass is 224 g/mol. The minimum Gasteiger partial charge on any atom is -0.379 e. The third-order valence-corrected chi connectivity index (χ3v) is 2.80. The Morgan fingerprint density at radius 1 is 1.64 bits per heavy atom. The lowest BCUT2D eigenvalue weighted by Crippen LogP contribution is -2.27. The van der Waals surface area contributed by atoms with Gasteiger partial charge in [-0.2, -0.15) is 0 Å². The predicted molar refractivity (Wildman–Crippen MR) is 51.5 cm³/mol. The summed E-state index contributed by atoms with van der Waals surface area (Å²) in [5.41, 5.74) is 0. The Labute approximate surface area is 83.9 Å². The summed E-state index contributed by atoms with van der Waals surface area (Å²) in [6.45, 7) is 3.21. The molecule has 6 heteroatoms. The van der Waals surface area contributed by atoms with Crippen molar-refractivity contribution in [3.05, 3.63) is 0 Å². The maximum Gasteiger partial charge on any atom is 0.325 e. The average molecular weight is 224 g/mol. The van der Waals surface area contributed by atoms with E-state index >= 15 is 0 Å². The van der Waals surface area contributed by atoms with Gasteiger partial charge in [-0.3, -0.25) is 4.57 Å². The van der Waals surface area contributed by atoms with Crippen molar-refractivity contribution in [3.63, 3.8) is 0 Å². The lowest BCUT2D eigenvalue weighted by Gasteiger charge is -2.17. The molecule has 1 fully saturated rings. The molecule has 0 radical (unpaired) electrons. The van der Waals surface area contributed by atoms with Crippen LogP contribution in [-0.4, -0.2) is 43.6 Å². The van der Waals surface area contributed by atoms with Crippen molar-refractivity contribution in [1.82, 2.24) is 0 Å². The molecule has 0 amide bonds. The van der Waals surface area contributed by atoms with Gasteiger partial charge in [-0.15, -0.1) is 0 Å². The van der Waals surface area contributed by atoms with Gasteiger partial charge in [-0.1, -0.05) is 0 Å². The molecule has 1 aliphatic heterocycles. The highest BCUT2D eigenvalue weighted by atomic mass is 31.2. The van der Waals surface area contributed by atoms with Crippen LogP contribution in [0.3, 0.4) is 0 Å². The van der Waals surface area contributed by atoms with Gasteiger partial charge in [0.2, 0.25) is 0 Å². The standard InChI is InChI=1S/C8H17O5P/c1-6-4-7(11-2)8(13-6)5-12-14(3,9)10/h6-8H,4-5H2,1-3H3,(H,9,10)/t6-,7?,8+/m0/s1. The van der Waals surface area contributed by atoms with Crippen molar-refractivity contribution in [2.24, 2.45) is 0 Å². The fourth-order valence-corrected chi connectivity index (χ4v) is 1.95. The van der Waals surface area contributed by atoms with Gasteiger partial charge in [0.05, 0.1) is 18.8 Å². The van der Waals surface area contributed by atoms with Gasteiger partial charge in [-0.05, 0) is 6.92 Å². The fraction of sp³-hybridized carbons (Fsp3) is 1.00. The Morgan fingerprint density at radius 3 is 2.79 bits per heavy atom. The van der Waals surface area contributed by atoms with E-state index in [2.05, 4.69) is 0 Å². The van der Waals surface area contributed by atoms with E-state index in [0.717, 1.165) is 13.1 Å². The first-order valence-electron chi connectivity index (χ1n) is 4.55. The highest BCUT2D eigenvalue weighted by molar-refractivity contribution is 7.51. The van der Waals surface area contributed by atoms with Gasteiger partial charge in [0, 0.05) is 20.2 Å². The molecule has 1 rings (SSSR count). The van der Waals surface area contributed by atoms with Gasteiger partial charge in [-0.25, -0.2) is 0 Å². The summed E-state index contributed by atoms with van der Waals surface area (Å²) >= 11 is 0. The van der Waals surface area contributed by atoms with Gasteiger partial charge in [0.15, 0.2) is 0 Å². The zero-order chi connectivity index (χ0) is 10.8. The molecule has 84 valence electrons. The highest BCUT2D eigenvalue weighted by Gasteiger charge is 2.34. The zero-order valence-corrected chi connectivity index (χ0v) is 9.57. The summed E-state index contributed by atoms with van der Waals surface area (Å²) in [6.07, 6.45) is 0.625. The van der Waals surface area contributed by atoms with Crippen molar-refractivity contribution in [2.75, 3.05) is 20.4 Å². The van der Waals surface area contributed by atoms with Crippen LogP contribution in [-0.2, 0) is 18.6 Å². The smallest absolute Gasteiger partial charge is 0.325 e. The van der Waals surface area contributed by atoms with E-state index in [4.69, 9.17) is 18.9 Å². The molecular weight excluding hydrogens is 207 g/mol. The van der Waals surface area contributed by atoms with Crippen molar-refractivity contribution < 1.29 is 23.5 Å². The second-order valence-corrected chi connectivity index (χ2v) is 5.46. The van der Waals surface area contributed by atoms with E-state index < -0.39 is 7.60 Å². The van der Waals surface area contributed by atoms with Gasteiger partial charge in [0.1, 0.15) is 6.10 Å². The number of hydrogen-bond acceptors (Lipinski definition) is 4. The molecule has 5 nitrogen and oxygen atoms in total. The minimum absolute atomic E-state index is 0.0449. The third kappa shape index (κ3) is 3.67. The predicted octanol–water partition coefficient (Wildman–Crippen LogP) is 1.01. The number of rotatable bonds is 4. The molecular formula is C8H17O5P. The molecule has 0 aromatic rings. The molecule has 0 aromatic carbocycles. The van der Waals surface area contributed by atoms with Crippen LogP contribution in [0.25, 0.3) is 0 Å². The van der Waals surface area contributed by atoms with Gasteiger partial charge in [0.25, 0.3) is 0 Å². The van der Waals surface area contributed by atoms with Gasteiger partial charge < -0.3 is 18.9 Å². The summed E-state index contributed by atoms with van der Waals surface area (Å²) in [5, 5.41) is 0. The second-order valence-electron chi connectivity index (χ2n) is 3.59. The summed E-state index contributed by atoms with van der Waals surface area (Å²) in [5.74, 6) is 0. The Kier molecular flexibility index (Phi) is 4.10. The number of methoxy groups -OCH3 is 1. The Hall–Kier alpha value is 0.0700. The fourth-order valence-electron chi connectivity index (χ4n) is 1.53. The SMILES string of the molecule is COC1C[C@H](C)O[C@@H]1COP(C)(=O)O. The van der Waals surface area contributed by atoms with Crippen molar-refractivity contribution in [3.8, 4) is 0 Å². The maximum atomic E-state index is 10.9. The summed E-state index contributed by atoms with van der Waals surface area (Å²) < 4.78 is 26.3. The largest absolute Gasteiger partial charge is 0.379 e. The first-order chi connectivity index (χ1) is 6.42. The number of ether oxygens (including phenoxy) is 2. The van der Waals surface area contributed by atoms with Crippen LogP contribution in [0.15, 0.2) is 0 Å². The van der Waals surface area contributed by atoms with Crippen LogP contribution in [0.1, 0.15) is 13.3 Å². The molecule has 0 spiro atoms. The molecule has 1 N–H and O–H groups in total. The molecule has 14 heavy (non-hydrogen) atoms. The molecule has 0 aliphatic carbocycles. The summed E-state index contributed by atoms with van der Waals surface area (Å²) in [6, 6.07) is 0. The maximum absolute atomic E-state index is 10.9. The van der Waals surface area contributed by atoms with Crippen LogP contribution in [0.5, 0.6) is 0 Å². The van der Waals surface area contributed by atoms with E-state index in [1.807, 2.05) is 6.92 Å². The van der Waals surface area contributed by atoms with E-state index in [9.17, 15) is 4.57 Å². The van der Waals surface area contributed by atoms with Crippen molar-refractivity contribution >= 4 is 7.60 Å². The first-order valence-corrected chi connectivity index (χ1v) is 6.58. The second kappa shape index (κ2) is 4.73. The summed E-state index contributed by atoms with van der Waals surface area (Å²) in [7, 11) is -1.81. The first kappa shape index (κ1) is 12.1. The zero-order valence-electron chi connectivity index (χ0n) is 8.67. The van der Waals surface area contributed by atoms with Crippen LogP contribution in [0.4, 0.5) is 0 Å². The van der Waals surface area contributed by atoms with Crippen molar-refractivity contribution in [2.45, 2.75) is 31.7 Å². The van der Waals surface area contributed by atoms with E-state index in [-0.39, 0.29) is 24.9 Å². The highest BCUT2D eigenvalue weighted by Crippen LogP contribution is 2.37. The van der Waals surface area contributed by atoms with Crippen LogP contribution in [0, 0.1) is 0 Å². The third-order valence-electron chi connectivity index (χ3n) is 2.17. The molecule has 1 saturated heterocycles. The Bertz CT molecular complexity index is 226. The van der Waals surface area contributed by atoms with Gasteiger partial charge >= 0.3 is 7.60 Å². The Balaban J connectivity index is 2.40. The summed E-state index contributed by atoms with van der Waals surface area (Å²) in [4.78, 5) is 8.94. The molecule has 1 aliphatic rings. The molecule has 0 bridgehead atoms. The molecule has 4 atom stereocenters. The quantitative estimate of drug-likeness (QED) is 0.722. The normalized spacial score (nSPS) is 37.0. The molecule has 0 aromatic heterocycles. The lowest BCUT2D eigenvalue weighted by atomic mass is 10.1. The van der Waals surface area contributed by atoms with Crippen LogP contribution >= 0.6 is 7.60 Å². The topological polar surface area (TPSA) is 65.0 Å². The van der Waals surface area contributed by atoms with Crippen molar-refractivity contribution in [1.29, 1.82) is 0 Å².